The van der Waals surface area contributed by atoms with Gasteiger partial charge in [0.2, 0.25) is 0 Å². The van der Waals surface area contributed by atoms with Gasteiger partial charge in [0.15, 0.2) is 0 Å². The molecule has 1 spiro atoms. The highest BCUT2D eigenvalue weighted by atomic mass is 15.2. The molecule has 4 rings (SSSR count). The maximum atomic E-state index is 5.95. The molecule has 2 nitrogen and oxygen atoms in total. The molecule has 3 aliphatic rings. The van der Waals surface area contributed by atoms with E-state index in [9.17, 15) is 0 Å². The number of hydrogen-bond donors (Lipinski definition) is 1. The van der Waals surface area contributed by atoms with Crippen LogP contribution in [-0.4, -0.2) is 18.0 Å². The summed E-state index contributed by atoms with van der Waals surface area (Å²) in [6.07, 6.45) is 11.2. The minimum atomic E-state index is 0.673. The van der Waals surface area contributed by atoms with Crippen molar-refractivity contribution in [2.24, 2.45) is 5.41 Å². The molecule has 20 heavy (non-hydrogen) atoms. The lowest BCUT2D eigenvalue weighted by Crippen LogP contribution is -2.58. The molecular weight excluding hydrogens is 244 g/mol. The first-order valence-electron chi connectivity index (χ1n) is 8.38. The van der Waals surface area contributed by atoms with Gasteiger partial charge < -0.3 is 5.73 Å². The van der Waals surface area contributed by atoms with Gasteiger partial charge in [-0.25, -0.2) is 0 Å². The quantitative estimate of drug-likeness (QED) is 0.784. The molecule has 0 radical (unpaired) electrons. The van der Waals surface area contributed by atoms with E-state index in [-0.39, 0.29) is 0 Å². The number of nitrogens with two attached hydrogens (primary N) is 1. The summed E-state index contributed by atoms with van der Waals surface area (Å²) in [7, 11) is 0. The number of hydrogen-bond acceptors (Lipinski definition) is 2. The zero-order valence-corrected chi connectivity index (χ0v) is 12.4. The van der Waals surface area contributed by atoms with Crippen LogP contribution in [0.5, 0.6) is 0 Å². The number of fused-ring (bicyclic) bond motifs is 1. The second-order valence-corrected chi connectivity index (χ2v) is 7.33. The molecule has 0 bridgehead atoms. The highest BCUT2D eigenvalue weighted by molar-refractivity contribution is 5.46. The van der Waals surface area contributed by atoms with Crippen LogP contribution in [0.15, 0.2) is 18.2 Å². The number of nitrogens with zero attached hydrogens (tertiary/aromatic N) is 1. The molecule has 0 amide bonds. The van der Waals surface area contributed by atoms with E-state index in [0.717, 1.165) is 5.69 Å². The van der Waals surface area contributed by atoms with Crippen molar-refractivity contribution in [2.45, 2.75) is 57.4 Å². The predicted octanol–water partition coefficient (Wildman–Crippen LogP) is 3.91. The summed E-state index contributed by atoms with van der Waals surface area (Å²) < 4.78 is 0. The first kappa shape index (κ1) is 12.7. The number of rotatable bonds is 1. The fourth-order valence-corrected chi connectivity index (χ4v) is 4.84. The van der Waals surface area contributed by atoms with Gasteiger partial charge in [0.25, 0.3) is 0 Å². The van der Waals surface area contributed by atoms with Crippen molar-refractivity contribution in [3.63, 3.8) is 0 Å². The monoisotopic (exact) mass is 270 g/mol. The Morgan fingerprint density at radius 2 is 1.85 bits per heavy atom. The molecule has 1 heterocycles. The molecule has 2 heteroatoms. The lowest BCUT2D eigenvalue weighted by molar-refractivity contribution is -0.0597. The van der Waals surface area contributed by atoms with Crippen molar-refractivity contribution < 1.29 is 0 Å². The zero-order valence-electron chi connectivity index (χ0n) is 12.4. The molecule has 1 saturated heterocycles. The van der Waals surface area contributed by atoms with Crippen LogP contribution in [0, 0.1) is 5.41 Å². The van der Waals surface area contributed by atoms with Gasteiger partial charge in [0.1, 0.15) is 0 Å². The van der Waals surface area contributed by atoms with Crippen LogP contribution in [0.25, 0.3) is 0 Å². The Labute approximate surface area is 122 Å². The molecule has 1 aromatic rings. The third-order valence-corrected chi connectivity index (χ3v) is 5.88. The SMILES string of the molecule is Nc1ccc2c(c1)CCCC2N1CC2(CCCCC2)C1. The molecule has 2 aliphatic carbocycles. The standard InChI is InChI=1S/C18H26N2/c19-15-7-8-16-14(11-15)5-4-6-17(16)20-12-18(13-20)9-2-1-3-10-18/h7-8,11,17H,1-6,9-10,12-13,19H2. The van der Waals surface area contributed by atoms with E-state index >= 15 is 0 Å². The van der Waals surface area contributed by atoms with Gasteiger partial charge in [-0.3, -0.25) is 4.90 Å². The number of likely N-dealkylation sites (tertiary alicyclic amines) is 1. The van der Waals surface area contributed by atoms with Crippen LogP contribution in [0.4, 0.5) is 5.69 Å². The summed E-state index contributed by atoms with van der Waals surface area (Å²) in [6, 6.07) is 7.26. The van der Waals surface area contributed by atoms with Gasteiger partial charge >= 0.3 is 0 Å². The summed E-state index contributed by atoms with van der Waals surface area (Å²) in [5.41, 5.74) is 10.6. The van der Waals surface area contributed by atoms with Gasteiger partial charge in [0, 0.05) is 24.8 Å². The lowest BCUT2D eigenvalue weighted by Gasteiger charge is -2.56. The fraction of sp³-hybridized carbons (Fsp3) is 0.667. The second-order valence-electron chi connectivity index (χ2n) is 7.33. The van der Waals surface area contributed by atoms with Gasteiger partial charge in [0.05, 0.1) is 0 Å². The van der Waals surface area contributed by atoms with Crippen molar-refractivity contribution in [3.8, 4) is 0 Å². The summed E-state index contributed by atoms with van der Waals surface area (Å²) in [4.78, 5) is 2.75. The highest BCUT2D eigenvalue weighted by Crippen LogP contribution is 2.49. The maximum absolute atomic E-state index is 5.95. The third kappa shape index (κ3) is 2.05. The number of anilines is 1. The summed E-state index contributed by atoms with van der Waals surface area (Å²) in [5, 5.41) is 0. The van der Waals surface area contributed by atoms with E-state index in [2.05, 4.69) is 23.1 Å². The Balaban J connectivity index is 1.51. The van der Waals surface area contributed by atoms with E-state index in [0.29, 0.717) is 11.5 Å². The summed E-state index contributed by atoms with van der Waals surface area (Å²) in [6.45, 7) is 2.70. The number of benzene rings is 1. The largest absolute Gasteiger partial charge is 0.399 e. The van der Waals surface area contributed by atoms with Crippen LogP contribution in [0.2, 0.25) is 0 Å². The molecule has 1 aromatic carbocycles. The first-order valence-corrected chi connectivity index (χ1v) is 8.38. The predicted molar refractivity (Wildman–Crippen MR) is 83.6 cm³/mol. The summed E-state index contributed by atoms with van der Waals surface area (Å²) >= 11 is 0. The van der Waals surface area contributed by atoms with Gasteiger partial charge in [-0.15, -0.1) is 0 Å². The second kappa shape index (κ2) is 4.77. The molecule has 0 aromatic heterocycles. The van der Waals surface area contributed by atoms with Crippen LogP contribution < -0.4 is 5.73 Å². The first-order chi connectivity index (χ1) is 9.76. The van der Waals surface area contributed by atoms with Crippen LogP contribution in [0.1, 0.15) is 62.1 Å². The Morgan fingerprint density at radius 3 is 2.65 bits per heavy atom. The Hall–Kier alpha value is -1.02. The Morgan fingerprint density at radius 1 is 1.05 bits per heavy atom. The zero-order chi connectivity index (χ0) is 13.6. The molecule has 2 N–H and O–H groups in total. The average molecular weight is 270 g/mol. The van der Waals surface area contributed by atoms with Crippen molar-refractivity contribution in [1.29, 1.82) is 0 Å². The van der Waals surface area contributed by atoms with Crippen LogP contribution >= 0.6 is 0 Å². The van der Waals surface area contributed by atoms with E-state index in [1.165, 1.54) is 70.0 Å². The normalized spacial score (nSPS) is 28.9. The topological polar surface area (TPSA) is 29.3 Å². The molecule has 2 fully saturated rings. The highest BCUT2D eigenvalue weighted by Gasteiger charge is 2.46. The van der Waals surface area contributed by atoms with Crippen molar-refractivity contribution >= 4 is 5.69 Å². The Kier molecular flexibility index (Phi) is 3.03. The molecule has 1 aliphatic heterocycles. The molecule has 1 unspecified atom stereocenters. The van der Waals surface area contributed by atoms with E-state index in [1.54, 1.807) is 5.56 Å². The lowest BCUT2D eigenvalue weighted by atomic mass is 9.67. The Bertz CT molecular complexity index is 494. The van der Waals surface area contributed by atoms with Crippen molar-refractivity contribution in [3.05, 3.63) is 29.3 Å². The number of nitrogen functional groups attached to an aromatic ring is 1. The fourth-order valence-electron chi connectivity index (χ4n) is 4.84. The van der Waals surface area contributed by atoms with Crippen LogP contribution in [-0.2, 0) is 6.42 Å². The minimum absolute atomic E-state index is 0.673. The molecule has 108 valence electrons. The van der Waals surface area contributed by atoms with E-state index < -0.39 is 0 Å². The maximum Gasteiger partial charge on any atom is 0.0351 e. The number of aryl methyl sites for hydroxylation is 1. The van der Waals surface area contributed by atoms with Gasteiger partial charge in [-0.2, -0.15) is 0 Å². The van der Waals surface area contributed by atoms with Crippen LogP contribution in [0.3, 0.4) is 0 Å². The van der Waals surface area contributed by atoms with Gasteiger partial charge in [-0.1, -0.05) is 25.3 Å². The molecule has 1 saturated carbocycles. The molecular formula is C18H26N2. The summed E-state index contributed by atoms with van der Waals surface area (Å²) in [5.74, 6) is 0. The van der Waals surface area contributed by atoms with Crippen molar-refractivity contribution in [1.82, 2.24) is 4.90 Å². The average Bonchev–Trinajstić information content (AvgIpc) is 2.44. The minimum Gasteiger partial charge on any atom is -0.399 e. The molecule has 1 atom stereocenters. The smallest absolute Gasteiger partial charge is 0.0351 e. The van der Waals surface area contributed by atoms with E-state index in [1.807, 2.05) is 0 Å². The van der Waals surface area contributed by atoms with Gasteiger partial charge in [-0.05, 0) is 60.8 Å². The van der Waals surface area contributed by atoms with E-state index in [4.69, 9.17) is 5.73 Å². The van der Waals surface area contributed by atoms with Crippen molar-refractivity contribution in [2.75, 3.05) is 18.8 Å². The third-order valence-electron chi connectivity index (χ3n) is 5.88.